The van der Waals surface area contributed by atoms with Crippen LogP contribution in [0, 0.1) is 19.8 Å². The minimum absolute atomic E-state index is 0.385. The molecule has 0 spiro atoms. The number of hydrogen-bond acceptors (Lipinski definition) is 2. The minimum atomic E-state index is 0.385. The molecule has 2 aromatic rings. The summed E-state index contributed by atoms with van der Waals surface area (Å²) in [6.45, 7) is 17.7. The van der Waals surface area contributed by atoms with E-state index >= 15 is 0 Å². The molecule has 0 fully saturated rings. The summed E-state index contributed by atoms with van der Waals surface area (Å²) in [7, 11) is 1.00. The maximum atomic E-state index is 7.00. The van der Waals surface area contributed by atoms with Crippen LogP contribution in [0.3, 0.4) is 0 Å². The number of aryl methyl sites for hydroxylation is 2. The smallest absolute Gasteiger partial charge is 0.119 e. The van der Waals surface area contributed by atoms with Gasteiger partial charge in [0.15, 0.2) is 0 Å². The SMILES string of the molecule is C=C\C=C/C=C(C)/C(=C(\C)c1cc(C)ccc1C)C(C)Cc1ccc(OCC)cc1.CO. The van der Waals surface area contributed by atoms with Gasteiger partial charge in [0, 0.05) is 7.11 Å². The molecular formula is C30H40O2. The van der Waals surface area contributed by atoms with Crippen LogP contribution in [0.2, 0.25) is 0 Å². The molecule has 0 bridgehead atoms. The molecule has 0 amide bonds. The monoisotopic (exact) mass is 432 g/mol. The summed E-state index contributed by atoms with van der Waals surface area (Å²) in [5.74, 6) is 1.32. The van der Waals surface area contributed by atoms with Crippen LogP contribution < -0.4 is 4.74 Å². The fourth-order valence-electron chi connectivity index (χ4n) is 4.05. The molecule has 2 rings (SSSR count). The Bertz CT molecular complexity index is 943. The van der Waals surface area contributed by atoms with Gasteiger partial charge in [0.25, 0.3) is 0 Å². The molecule has 1 atom stereocenters. The Labute approximate surface area is 195 Å². The van der Waals surface area contributed by atoms with Crippen molar-refractivity contribution in [2.45, 2.75) is 48.0 Å². The van der Waals surface area contributed by atoms with Crippen molar-refractivity contribution in [3.63, 3.8) is 0 Å². The Hall–Kier alpha value is -2.84. The molecule has 1 N–H and O–H groups in total. The number of aliphatic hydroxyl groups excluding tert-OH is 1. The van der Waals surface area contributed by atoms with Crippen molar-refractivity contribution in [1.82, 2.24) is 0 Å². The lowest BCUT2D eigenvalue weighted by molar-refractivity contribution is 0.340. The fraction of sp³-hybridized carbons (Fsp3) is 0.333. The normalized spacial score (nSPS) is 13.2. The van der Waals surface area contributed by atoms with Gasteiger partial charge in [-0.15, -0.1) is 0 Å². The maximum absolute atomic E-state index is 7.00. The van der Waals surface area contributed by atoms with E-state index in [0.717, 1.165) is 19.3 Å². The second-order valence-electron chi connectivity index (χ2n) is 8.01. The fourth-order valence-corrected chi connectivity index (χ4v) is 4.05. The van der Waals surface area contributed by atoms with Gasteiger partial charge in [0.05, 0.1) is 6.61 Å². The highest BCUT2D eigenvalue weighted by Gasteiger charge is 2.17. The molecule has 0 saturated heterocycles. The van der Waals surface area contributed by atoms with Crippen molar-refractivity contribution in [2.75, 3.05) is 13.7 Å². The van der Waals surface area contributed by atoms with E-state index < -0.39 is 0 Å². The van der Waals surface area contributed by atoms with Crippen LogP contribution in [0.25, 0.3) is 5.57 Å². The topological polar surface area (TPSA) is 29.5 Å². The number of ether oxygens (including phenoxy) is 1. The number of hydrogen-bond donors (Lipinski definition) is 1. The molecule has 0 radical (unpaired) electrons. The Kier molecular flexibility index (Phi) is 12.1. The Morgan fingerprint density at radius 2 is 1.69 bits per heavy atom. The van der Waals surface area contributed by atoms with E-state index in [0.29, 0.717) is 12.5 Å². The molecule has 0 aliphatic heterocycles. The van der Waals surface area contributed by atoms with Gasteiger partial charge in [-0.25, -0.2) is 0 Å². The van der Waals surface area contributed by atoms with Crippen LogP contribution in [0.4, 0.5) is 0 Å². The maximum Gasteiger partial charge on any atom is 0.119 e. The van der Waals surface area contributed by atoms with Crippen LogP contribution in [0.15, 0.2) is 84.5 Å². The largest absolute Gasteiger partial charge is 0.494 e. The minimum Gasteiger partial charge on any atom is -0.494 e. The highest BCUT2D eigenvalue weighted by atomic mass is 16.5. The van der Waals surface area contributed by atoms with Gasteiger partial charge in [0.2, 0.25) is 0 Å². The van der Waals surface area contributed by atoms with Gasteiger partial charge >= 0.3 is 0 Å². The van der Waals surface area contributed by atoms with Gasteiger partial charge in [-0.1, -0.05) is 73.7 Å². The molecule has 0 saturated carbocycles. The summed E-state index contributed by atoms with van der Waals surface area (Å²) in [5, 5.41) is 7.00. The number of rotatable bonds is 9. The zero-order chi connectivity index (χ0) is 24.1. The van der Waals surface area contributed by atoms with Crippen molar-refractivity contribution in [3.05, 3.63) is 107 Å². The van der Waals surface area contributed by atoms with E-state index in [1.165, 1.54) is 39.0 Å². The molecule has 2 nitrogen and oxygen atoms in total. The lowest BCUT2D eigenvalue weighted by atomic mass is 9.83. The van der Waals surface area contributed by atoms with E-state index in [-0.39, 0.29) is 0 Å². The third-order valence-corrected chi connectivity index (χ3v) is 5.49. The van der Waals surface area contributed by atoms with Crippen molar-refractivity contribution in [2.24, 2.45) is 5.92 Å². The number of allylic oxidation sites excluding steroid dienone is 7. The first-order valence-corrected chi connectivity index (χ1v) is 11.3. The van der Waals surface area contributed by atoms with Crippen molar-refractivity contribution < 1.29 is 9.84 Å². The van der Waals surface area contributed by atoms with Crippen LogP contribution in [-0.2, 0) is 6.42 Å². The van der Waals surface area contributed by atoms with Crippen molar-refractivity contribution >= 4 is 5.57 Å². The second kappa shape index (κ2) is 14.3. The summed E-state index contributed by atoms with van der Waals surface area (Å²) in [6, 6.07) is 15.2. The Balaban J connectivity index is 0.00000249. The molecule has 2 heteroatoms. The predicted molar refractivity (Wildman–Crippen MR) is 140 cm³/mol. The molecular weight excluding hydrogens is 392 g/mol. The van der Waals surface area contributed by atoms with E-state index in [9.17, 15) is 0 Å². The van der Waals surface area contributed by atoms with E-state index in [4.69, 9.17) is 9.84 Å². The van der Waals surface area contributed by atoms with Crippen molar-refractivity contribution in [1.29, 1.82) is 0 Å². The third-order valence-electron chi connectivity index (χ3n) is 5.49. The van der Waals surface area contributed by atoms with Gasteiger partial charge in [-0.3, -0.25) is 0 Å². The number of benzene rings is 2. The second-order valence-corrected chi connectivity index (χ2v) is 8.01. The predicted octanol–water partition coefficient (Wildman–Crippen LogP) is 7.65. The molecule has 2 aromatic carbocycles. The average Bonchev–Trinajstić information content (AvgIpc) is 2.78. The van der Waals surface area contributed by atoms with E-state index in [1.54, 1.807) is 0 Å². The molecule has 32 heavy (non-hydrogen) atoms. The summed E-state index contributed by atoms with van der Waals surface area (Å²) in [4.78, 5) is 0. The Morgan fingerprint density at radius 3 is 2.28 bits per heavy atom. The average molecular weight is 433 g/mol. The van der Waals surface area contributed by atoms with Gasteiger partial charge in [-0.05, 0) is 92.5 Å². The van der Waals surface area contributed by atoms with Crippen LogP contribution in [-0.4, -0.2) is 18.8 Å². The highest BCUT2D eigenvalue weighted by Crippen LogP contribution is 2.33. The van der Waals surface area contributed by atoms with Gasteiger partial charge in [-0.2, -0.15) is 0 Å². The zero-order valence-corrected chi connectivity index (χ0v) is 20.9. The quantitative estimate of drug-likeness (QED) is 0.412. The third kappa shape index (κ3) is 8.01. The molecule has 1 unspecified atom stereocenters. The molecule has 0 aliphatic carbocycles. The van der Waals surface area contributed by atoms with Gasteiger partial charge in [0.1, 0.15) is 5.75 Å². The van der Waals surface area contributed by atoms with Gasteiger partial charge < -0.3 is 9.84 Å². The molecule has 0 aromatic heterocycles. The highest BCUT2D eigenvalue weighted by molar-refractivity contribution is 5.74. The first kappa shape index (κ1) is 27.2. The first-order valence-electron chi connectivity index (χ1n) is 11.3. The summed E-state index contributed by atoms with van der Waals surface area (Å²) >= 11 is 0. The molecule has 172 valence electrons. The van der Waals surface area contributed by atoms with E-state index in [2.05, 4.69) is 95.8 Å². The van der Waals surface area contributed by atoms with Crippen LogP contribution >= 0.6 is 0 Å². The lowest BCUT2D eigenvalue weighted by Crippen LogP contribution is -2.08. The standard InChI is InChI=1S/C29H36O.CH4O/c1-8-10-11-12-23(5)29(25(7)28-19-21(3)13-14-22(28)4)24(6)20-26-15-17-27(18-16-26)30-9-2;1-2/h8,10-19,24H,1,9,20H2,2-7H3;2H,1H3/b11-10-,23-12+,29-25-;. The number of aliphatic hydroxyl groups is 1. The first-order chi connectivity index (χ1) is 15.4. The molecule has 0 heterocycles. The van der Waals surface area contributed by atoms with Crippen LogP contribution in [0.5, 0.6) is 5.75 Å². The molecule has 0 aliphatic rings. The summed E-state index contributed by atoms with van der Waals surface area (Å²) < 4.78 is 5.59. The van der Waals surface area contributed by atoms with Crippen molar-refractivity contribution in [3.8, 4) is 5.75 Å². The lowest BCUT2D eigenvalue weighted by Gasteiger charge is -2.22. The van der Waals surface area contributed by atoms with E-state index in [1.807, 2.05) is 19.1 Å². The zero-order valence-electron chi connectivity index (χ0n) is 20.9. The Morgan fingerprint density at radius 1 is 1.03 bits per heavy atom. The summed E-state index contributed by atoms with van der Waals surface area (Å²) in [5.41, 5.74) is 9.34. The van der Waals surface area contributed by atoms with Crippen LogP contribution in [0.1, 0.15) is 49.9 Å². The summed E-state index contributed by atoms with van der Waals surface area (Å²) in [6.07, 6.45) is 9.04.